The lowest BCUT2D eigenvalue weighted by atomic mass is 10.1. The number of hydrogen-bond acceptors (Lipinski definition) is 3. The van der Waals surface area contributed by atoms with Gasteiger partial charge in [-0.3, -0.25) is 14.6 Å². The Hall–Kier alpha value is -1.79. The summed E-state index contributed by atoms with van der Waals surface area (Å²) in [6, 6.07) is 0. The Kier molecular flexibility index (Phi) is 12.3. The molecular weight excluding hydrogens is 354 g/mol. The molecule has 1 heterocycles. The van der Waals surface area contributed by atoms with Crippen LogP contribution in [0.2, 0.25) is 0 Å². The number of hydrogen-bond donors (Lipinski definition) is 2. The van der Waals surface area contributed by atoms with Crippen LogP contribution < -0.4 is 10.6 Å². The molecule has 0 aromatic carbocycles. The minimum Gasteiger partial charge on any atom is -0.357 e. The lowest BCUT2D eigenvalue weighted by Gasteiger charge is -2.35. The maximum absolute atomic E-state index is 12.4. The molecule has 0 unspecified atom stereocenters. The zero-order valence-corrected chi connectivity index (χ0v) is 18.4. The molecule has 2 N–H and O–H groups in total. The third-order valence-electron chi connectivity index (χ3n) is 4.77. The van der Waals surface area contributed by atoms with Crippen LogP contribution in [0.25, 0.3) is 0 Å². The molecule has 0 atom stereocenters. The van der Waals surface area contributed by atoms with Crippen molar-refractivity contribution in [3.05, 3.63) is 0 Å². The molecule has 0 aliphatic carbocycles. The van der Waals surface area contributed by atoms with Crippen LogP contribution in [0.4, 0.5) is 0 Å². The molecule has 162 valence electrons. The normalized spacial score (nSPS) is 15.1. The highest BCUT2D eigenvalue weighted by Gasteiger charge is 2.23. The Bertz CT molecular complexity index is 485. The summed E-state index contributed by atoms with van der Waals surface area (Å²) in [5, 5.41) is 6.58. The first-order chi connectivity index (χ1) is 13.5. The van der Waals surface area contributed by atoms with Crippen molar-refractivity contribution in [2.24, 2.45) is 10.9 Å². The number of nitrogens with one attached hydrogen (secondary N) is 2. The summed E-state index contributed by atoms with van der Waals surface area (Å²) >= 11 is 0. The van der Waals surface area contributed by atoms with E-state index in [0.29, 0.717) is 44.9 Å². The monoisotopic (exact) mass is 395 g/mol. The van der Waals surface area contributed by atoms with E-state index in [1.807, 2.05) is 9.80 Å². The van der Waals surface area contributed by atoms with Crippen molar-refractivity contribution < 1.29 is 9.59 Å². The van der Waals surface area contributed by atoms with Crippen molar-refractivity contribution in [1.29, 1.82) is 0 Å². The van der Waals surface area contributed by atoms with E-state index in [9.17, 15) is 9.59 Å². The minimum atomic E-state index is 0.217. The summed E-state index contributed by atoms with van der Waals surface area (Å²) < 4.78 is 0. The molecule has 1 fully saturated rings. The van der Waals surface area contributed by atoms with Gasteiger partial charge in [0.15, 0.2) is 5.96 Å². The largest absolute Gasteiger partial charge is 0.357 e. The van der Waals surface area contributed by atoms with Gasteiger partial charge in [-0.25, -0.2) is 0 Å². The van der Waals surface area contributed by atoms with E-state index in [0.717, 1.165) is 51.3 Å². The third-order valence-corrected chi connectivity index (χ3v) is 4.77. The number of unbranched alkanes of at least 4 members (excludes halogenated alkanes) is 2. The first kappa shape index (κ1) is 24.2. The van der Waals surface area contributed by atoms with Crippen LogP contribution in [0, 0.1) is 5.92 Å². The molecule has 2 amide bonds. The number of carbonyl (C=O) groups excluding carboxylic acids is 2. The Morgan fingerprint density at radius 2 is 1.57 bits per heavy atom. The fourth-order valence-corrected chi connectivity index (χ4v) is 3.19. The molecule has 0 aromatic rings. The maximum atomic E-state index is 12.4. The molecule has 0 radical (unpaired) electrons. The number of nitrogens with zero attached hydrogens (tertiary/aromatic N) is 3. The number of amides is 2. The molecule has 1 saturated heterocycles. The first-order valence-electron chi connectivity index (χ1n) is 11.1. The summed E-state index contributed by atoms with van der Waals surface area (Å²) in [5.74, 6) is 1.70. The molecule has 1 aliphatic rings. The topological polar surface area (TPSA) is 77.0 Å². The van der Waals surface area contributed by atoms with Gasteiger partial charge in [0, 0.05) is 58.7 Å². The Labute approximate surface area is 171 Å². The molecule has 28 heavy (non-hydrogen) atoms. The van der Waals surface area contributed by atoms with Crippen molar-refractivity contribution in [2.75, 3.05) is 45.8 Å². The van der Waals surface area contributed by atoms with E-state index in [4.69, 9.17) is 0 Å². The molecule has 1 aliphatic heterocycles. The second kappa shape index (κ2) is 14.2. The number of rotatable bonds is 11. The highest BCUT2D eigenvalue weighted by atomic mass is 16.2. The number of piperazine rings is 1. The summed E-state index contributed by atoms with van der Waals surface area (Å²) in [5.41, 5.74) is 0. The molecule has 0 aromatic heterocycles. The van der Waals surface area contributed by atoms with Gasteiger partial charge in [0.2, 0.25) is 11.8 Å². The fourth-order valence-electron chi connectivity index (χ4n) is 3.19. The van der Waals surface area contributed by atoms with Crippen LogP contribution >= 0.6 is 0 Å². The zero-order valence-electron chi connectivity index (χ0n) is 18.4. The number of guanidine groups is 1. The predicted molar refractivity (Wildman–Crippen MR) is 115 cm³/mol. The molecule has 7 nitrogen and oxygen atoms in total. The minimum absolute atomic E-state index is 0.217. The summed E-state index contributed by atoms with van der Waals surface area (Å²) in [6.07, 6.45) is 5.21. The van der Waals surface area contributed by atoms with Gasteiger partial charge in [-0.15, -0.1) is 0 Å². The molecule has 0 bridgehead atoms. The first-order valence-corrected chi connectivity index (χ1v) is 11.1. The number of aliphatic imine (C=N–C) groups is 1. The van der Waals surface area contributed by atoms with E-state index >= 15 is 0 Å². The molecule has 0 spiro atoms. The Morgan fingerprint density at radius 1 is 0.929 bits per heavy atom. The average Bonchev–Trinajstić information content (AvgIpc) is 2.68. The second-order valence-corrected chi connectivity index (χ2v) is 7.86. The van der Waals surface area contributed by atoms with Gasteiger partial charge in [0.25, 0.3) is 0 Å². The summed E-state index contributed by atoms with van der Waals surface area (Å²) in [4.78, 5) is 32.8. The smallest absolute Gasteiger partial charge is 0.222 e. The van der Waals surface area contributed by atoms with Crippen molar-refractivity contribution in [3.8, 4) is 0 Å². The predicted octanol–water partition coefficient (Wildman–Crippen LogP) is 2.23. The third kappa shape index (κ3) is 9.95. The highest BCUT2D eigenvalue weighted by Crippen LogP contribution is 2.10. The van der Waals surface area contributed by atoms with Crippen LogP contribution in [0.15, 0.2) is 4.99 Å². The van der Waals surface area contributed by atoms with Crippen LogP contribution in [0.3, 0.4) is 0 Å². The Balaban J connectivity index is 2.15. The van der Waals surface area contributed by atoms with E-state index < -0.39 is 0 Å². The standard InChI is InChI=1S/C21H41N5O2/c1-5-11-23-21(22-6-2)24-12-9-7-8-10-19(27)25-13-15-26(16-14-25)20(28)17-18(3)4/h18H,5-17H2,1-4H3,(H2,22,23,24). The summed E-state index contributed by atoms with van der Waals surface area (Å²) in [6.45, 7) is 13.6. The van der Waals surface area contributed by atoms with Crippen LogP contribution in [-0.4, -0.2) is 73.4 Å². The second-order valence-electron chi connectivity index (χ2n) is 7.86. The van der Waals surface area contributed by atoms with Gasteiger partial charge >= 0.3 is 0 Å². The van der Waals surface area contributed by atoms with Gasteiger partial charge in [-0.2, -0.15) is 0 Å². The van der Waals surface area contributed by atoms with E-state index in [1.54, 1.807) is 0 Å². The lowest BCUT2D eigenvalue weighted by Crippen LogP contribution is -2.50. The van der Waals surface area contributed by atoms with Crippen LogP contribution in [-0.2, 0) is 9.59 Å². The van der Waals surface area contributed by atoms with E-state index in [-0.39, 0.29) is 11.8 Å². The lowest BCUT2D eigenvalue weighted by molar-refractivity contribution is -0.140. The average molecular weight is 396 g/mol. The highest BCUT2D eigenvalue weighted by molar-refractivity contribution is 5.79. The van der Waals surface area contributed by atoms with E-state index in [1.165, 1.54) is 0 Å². The molecular formula is C21H41N5O2. The van der Waals surface area contributed by atoms with Gasteiger partial charge in [-0.05, 0) is 32.1 Å². The van der Waals surface area contributed by atoms with Crippen LogP contribution in [0.5, 0.6) is 0 Å². The molecule has 0 saturated carbocycles. The van der Waals surface area contributed by atoms with Crippen molar-refractivity contribution in [2.45, 2.75) is 66.2 Å². The van der Waals surface area contributed by atoms with E-state index in [2.05, 4.69) is 43.3 Å². The van der Waals surface area contributed by atoms with Crippen molar-refractivity contribution in [3.63, 3.8) is 0 Å². The van der Waals surface area contributed by atoms with Gasteiger partial charge < -0.3 is 20.4 Å². The quantitative estimate of drug-likeness (QED) is 0.319. The fraction of sp³-hybridized carbons (Fsp3) is 0.857. The number of carbonyl (C=O) groups is 2. The SMILES string of the molecule is CCCN=C(NCC)NCCCCCC(=O)N1CCN(C(=O)CC(C)C)CC1. The summed E-state index contributed by atoms with van der Waals surface area (Å²) in [7, 11) is 0. The van der Waals surface area contributed by atoms with Crippen LogP contribution in [0.1, 0.15) is 66.2 Å². The maximum Gasteiger partial charge on any atom is 0.222 e. The molecule has 1 rings (SSSR count). The Morgan fingerprint density at radius 3 is 2.14 bits per heavy atom. The van der Waals surface area contributed by atoms with Crippen molar-refractivity contribution >= 4 is 17.8 Å². The van der Waals surface area contributed by atoms with Gasteiger partial charge in [0.05, 0.1) is 0 Å². The van der Waals surface area contributed by atoms with Crippen molar-refractivity contribution in [1.82, 2.24) is 20.4 Å². The zero-order chi connectivity index (χ0) is 20.8. The van der Waals surface area contributed by atoms with Gasteiger partial charge in [-0.1, -0.05) is 27.2 Å². The van der Waals surface area contributed by atoms with Gasteiger partial charge in [0.1, 0.15) is 0 Å². The molecule has 7 heteroatoms.